The van der Waals surface area contributed by atoms with E-state index in [0.717, 1.165) is 0 Å². The van der Waals surface area contributed by atoms with Gasteiger partial charge in [0.1, 0.15) is 0 Å². The maximum Gasteiger partial charge on any atom is 0.331 e. The summed E-state index contributed by atoms with van der Waals surface area (Å²) in [5.41, 5.74) is 2.65. The van der Waals surface area contributed by atoms with Gasteiger partial charge in [-0.25, -0.2) is 15.0 Å². The first-order valence-corrected chi connectivity index (χ1v) is 4.62. The minimum atomic E-state index is -0.457. The number of methoxy groups -OCH3 is 1. The van der Waals surface area contributed by atoms with Gasteiger partial charge in [0, 0.05) is 13.6 Å². The molecule has 0 heterocycles. The second kappa shape index (κ2) is 5.32. The van der Waals surface area contributed by atoms with E-state index in [1.165, 1.54) is 24.1 Å². The Balaban J connectivity index is 2.75. The summed E-state index contributed by atoms with van der Waals surface area (Å²) in [5, 5.41) is 0. The summed E-state index contributed by atoms with van der Waals surface area (Å²) in [6.45, 7) is 0.268. The molecule has 0 unspecified atom stereocenters. The smallest absolute Gasteiger partial charge is 0.331 e. The summed E-state index contributed by atoms with van der Waals surface area (Å²) >= 11 is 0. The minimum absolute atomic E-state index is 0.176. The van der Waals surface area contributed by atoms with Gasteiger partial charge in [-0.2, -0.15) is 0 Å². The highest BCUT2D eigenvalue weighted by molar-refractivity contribution is 5.73. The molecule has 5 nitrogen and oxygen atoms in total. The van der Waals surface area contributed by atoms with Crippen molar-refractivity contribution in [1.29, 1.82) is 0 Å². The van der Waals surface area contributed by atoms with Gasteiger partial charge in [-0.1, -0.05) is 6.07 Å². The zero-order valence-corrected chi connectivity index (χ0v) is 9.16. The van der Waals surface area contributed by atoms with Gasteiger partial charge in [-0.15, -0.1) is 0 Å². The predicted octanol–water partition coefficient (Wildman–Crippen LogP) is 0.849. The molecule has 0 saturated carbocycles. The highest BCUT2D eigenvalue weighted by atomic mass is 19.1. The Kier molecular flexibility index (Phi) is 4.07. The van der Waals surface area contributed by atoms with Crippen molar-refractivity contribution in [2.75, 3.05) is 14.2 Å². The van der Waals surface area contributed by atoms with Gasteiger partial charge in [0.15, 0.2) is 11.6 Å². The molecule has 1 aromatic carbocycles. The van der Waals surface area contributed by atoms with E-state index >= 15 is 0 Å². The van der Waals surface area contributed by atoms with Gasteiger partial charge < -0.3 is 9.64 Å². The molecule has 88 valence electrons. The van der Waals surface area contributed by atoms with Crippen LogP contribution in [0.25, 0.3) is 0 Å². The molecule has 16 heavy (non-hydrogen) atoms. The first kappa shape index (κ1) is 12.3. The lowest BCUT2D eigenvalue weighted by Gasteiger charge is -2.16. The third kappa shape index (κ3) is 2.83. The van der Waals surface area contributed by atoms with E-state index in [-0.39, 0.29) is 12.3 Å². The fraction of sp³-hybridized carbons (Fsp3) is 0.300. The zero-order chi connectivity index (χ0) is 12.1. The van der Waals surface area contributed by atoms with Crippen molar-refractivity contribution in [3.63, 3.8) is 0 Å². The second-order valence-electron chi connectivity index (χ2n) is 3.27. The van der Waals surface area contributed by atoms with Crippen LogP contribution in [0.1, 0.15) is 5.56 Å². The number of nitrogens with zero attached hydrogens (tertiary/aromatic N) is 1. The highest BCUT2D eigenvalue weighted by Crippen LogP contribution is 2.18. The molecule has 3 N–H and O–H groups in total. The van der Waals surface area contributed by atoms with Crippen molar-refractivity contribution in [2.45, 2.75) is 6.54 Å². The molecular weight excluding hydrogens is 213 g/mol. The van der Waals surface area contributed by atoms with Crippen LogP contribution < -0.4 is 16.0 Å². The number of halogens is 1. The number of carbonyl (C=O) groups is 1. The standard InChI is InChI=1S/C10H14FN3O2/c1-14(10(15)13-12)6-7-3-4-9(16-2)8(11)5-7/h3-5H,6,12H2,1-2H3,(H,13,15). The van der Waals surface area contributed by atoms with Crippen molar-refractivity contribution in [2.24, 2.45) is 5.84 Å². The Morgan fingerprint density at radius 3 is 2.81 bits per heavy atom. The second-order valence-corrected chi connectivity index (χ2v) is 3.27. The Morgan fingerprint density at radius 2 is 2.31 bits per heavy atom. The summed E-state index contributed by atoms with van der Waals surface area (Å²) in [7, 11) is 2.95. The van der Waals surface area contributed by atoms with Crippen LogP contribution in [0.3, 0.4) is 0 Å². The zero-order valence-electron chi connectivity index (χ0n) is 9.16. The van der Waals surface area contributed by atoms with Crippen molar-refractivity contribution in [1.82, 2.24) is 10.3 Å². The molecule has 0 radical (unpaired) electrons. The first-order chi connectivity index (χ1) is 7.58. The van der Waals surface area contributed by atoms with Crippen molar-refractivity contribution >= 4 is 6.03 Å². The Bertz CT molecular complexity index is 384. The lowest BCUT2D eigenvalue weighted by atomic mass is 10.2. The van der Waals surface area contributed by atoms with Crippen LogP contribution in [0, 0.1) is 5.82 Å². The van der Waals surface area contributed by atoms with Gasteiger partial charge in [-0.3, -0.25) is 5.43 Å². The molecule has 6 heteroatoms. The quantitative estimate of drug-likeness (QED) is 0.457. The van der Waals surface area contributed by atoms with Crippen LogP contribution >= 0.6 is 0 Å². The first-order valence-electron chi connectivity index (χ1n) is 4.62. The number of urea groups is 1. The summed E-state index contributed by atoms with van der Waals surface area (Å²) in [6, 6.07) is 4.08. The highest BCUT2D eigenvalue weighted by Gasteiger charge is 2.09. The van der Waals surface area contributed by atoms with Crippen LogP contribution in [0.5, 0.6) is 5.75 Å². The van der Waals surface area contributed by atoms with Crippen LogP contribution in [-0.2, 0) is 6.54 Å². The number of amides is 2. The molecule has 0 fully saturated rings. The maximum atomic E-state index is 13.3. The fourth-order valence-electron chi connectivity index (χ4n) is 1.26. The molecule has 0 aliphatic rings. The van der Waals surface area contributed by atoms with E-state index < -0.39 is 11.8 Å². The Hall–Kier alpha value is -1.82. The molecule has 1 rings (SSSR count). The van der Waals surface area contributed by atoms with E-state index in [2.05, 4.69) is 0 Å². The lowest BCUT2D eigenvalue weighted by molar-refractivity contribution is 0.207. The number of benzene rings is 1. The molecule has 0 bridgehead atoms. The normalized spacial score (nSPS) is 9.75. The van der Waals surface area contributed by atoms with E-state index in [4.69, 9.17) is 10.6 Å². The minimum Gasteiger partial charge on any atom is -0.494 e. The molecule has 0 saturated heterocycles. The molecule has 1 aromatic rings. The Morgan fingerprint density at radius 1 is 1.62 bits per heavy atom. The van der Waals surface area contributed by atoms with Gasteiger partial charge >= 0.3 is 6.03 Å². The maximum absolute atomic E-state index is 13.3. The van der Waals surface area contributed by atoms with E-state index in [1.807, 2.05) is 5.43 Å². The molecule has 0 spiro atoms. The van der Waals surface area contributed by atoms with Crippen LogP contribution in [0.4, 0.5) is 9.18 Å². The monoisotopic (exact) mass is 227 g/mol. The molecule has 0 aliphatic heterocycles. The summed E-state index contributed by atoms with van der Waals surface area (Å²) in [6.07, 6.45) is 0. The van der Waals surface area contributed by atoms with Crippen LogP contribution in [0.2, 0.25) is 0 Å². The number of hydrazine groups is 1. The Labute approximate surface area is 93.0 Å². The van der Waals surface area contributed by atoms with E-state index in [1.54, 1.807) is 13.1 Å². The number of ether oxygens (including phenoxy) is 1. The van der Waals surface area contributed by atoms with Crippen molar-refractivity contribution in [3.8, 4) is 5.75 Å². The number of carbonyl (C=O) groups excluding carboxylic acids is 1. The van der Waals surface area contributed by atoms with Gasteiger partial charge in [0.25, 0.3) is 0 Å². The summed E-state index contributed by atoms with van der Waals surface area (Å²) in [4.78, 5) is 12.4. The average molecular weight is 227 g/mol. The largest absolute Gasteiger partial charge is 0.494 e. The molecule has 0 aromatic heterocycles. The van der Waals surface area contributed by atoms with Crippen LogP contribution in [-0.4, -0.2) is 25.1 Å². The van der Waals surface area contributed by atoms with Crippen LogP contribution in [0.15, 0.2) is 18.2 Å². The van der Waals surface area contributed by atoms with Crippen molar-refractivity contribution in [3.05, 3.63) is 29.6 Å². The van der Waals surface area contributed by atoms with Crippen molar-refractivity contribution < 1.29 is 13.9 Å². The third-order valence-electron chi connectivity index (χ3n) is 2.11. The van der Waals surface area contributed by atoms with Gasteiger partial charge in [-0.05, 0) is 17.7 Å². The number of nitrogens with two attached hydrogens (primary N) is 1. The number of hydrogen-bond donors (Lipinski definition) is 2. The summed E-state index contributed by atoms with van der Waals surface area (Å²) in [5.74, 6) is 4.69. The molecular formula is C10H14FN3O2. The van der Waals surface area contributed by atoms with E-state index in [9.17, 15) is 9.18 Å². The van der Waals surface area contributed by atoms with Gasteiger partial charge in [0.05, 0.1) is 7.11 Å². The third-order valence-corrected chi connectivity index (χ3v) is 2.11. The predicted molar refractivity (Wildman–Crippen MR) is 57.1 cm³/mol. The van der Waals surface area contributed by atoms with Gasteiger partial charge in [0.2, 0.25) is 0 Å². The molecule has 0 aliphatic carbocycles. The number of hydrogen-bond acceptors (Lipinski definition) is 3. The fourth-order valence-corrected chi connectivity index (χ4v) is 1.26. The SMILES string of the molecule is COc1ccc(CN(C)C(=O)NN)cc1F. The average Bonchev–Trinajstić information content (AvgIpc) is 2.28. The molecule has 0 atom stereocenters. The lowest BCUT2D eigenvalue weighted by Crippen LogP contribution is -2.40. The topological polar surface area (TPSA) is 67.6 Å². The number of nitrogens with one attached hydrogen (secondary N) is 1. The summed E-state index contributed by atoms with van der Waals surface area (Å²) < 4.78 is 18.1. The molecule has 2 amide bonds. The van der Waals surface area contributed by atoms with E-state index in [0.29, 0.717) is 5.56 Å². The number of rotatable bonds is 3.